The van der Waals surface area contributed by atoms with E-state index in [1.807, 2.05) is 12.1 Å². The maximum atomic E-state index is 14.9. The molecule has 1 unspecified atom stereocenters. The number of hydrogen-bond acceptors (Lipinski definition) is 7. The predicted molar refractivity (Wildman–Crippen MR) is 128 cm³/mol. The van der Waals surface area contributed by atoms with Gasteiger partial charge in [-0.3, -0.25) is 14.5 Å². The minimum atomic E-state index is -0.923. The van der Waals surface area contributed by atoms with E-state index in [4.69, 9.17) is 16.2 Å². The number of benzene rings is 2. The number of carbonyl (C=O) groups excluding carboxylic acids is 3. The molecule has 1 fully saturated rings. The van der Waals surface area contributed by atoms with E-state index in [9.17, 15) is 18.8 Å². The average molecular weight is 483 g/mol. The molecule has 5 N–H and O–H groups in total. The minimum absolute atomic E-state index is 0.0712. The molecule has 1 saturated heterocycles. The number of amides is 2. The molecule has 8 nitrogen and oxygen atoms in total. The molecule has 0 bridgehead atoms. The Kier molecular flexibility index (Phi) is 6.62. The summed E-state index contributed by atoms with van der Waals surface area (Å²) in [5.74, 6) is -1.28. The number of ether oxygens (including phenoxy) is 1. The van der Waals surface area contributed by atoms with Crippen LogP contribution in [0.15, 0.2) is 53.9 Å². The first kappa shape index (κ1) is 23.4. The lowest BCUT2D eigenvalue weighted by molar-refractivity contribution is -0.120. The Bertz CT molecular complexity index is 1240. The SMILES string of the molecule is CC(=O)[C@@H](N)C1CN(c2ccc(-c3ccc(CNc4sccc4C(N)=O)cc3)c(F)c2)C(=O)O1. The number of cyclic esters (lactones) is 1. The number of nitrogens with one attached hydrogen (secondary N) is 1. The average Bonchev–Trinajstić information content (AvgIpc) is 3.44. The van der Waals surface area contributed by atoms with Crippen LogP contribution in [-0.4, -0.2) is 36.5 Å². The van der Waals surface area contributed by atoms with E-state index in [0.717, 1.165) is 5.56 Å². The van der Waals surface area contributed by atoms with Gasteiger partial charge in [0.2, 0.25) is 0 Å². The molecule has 2 heterocycles. The van der Waals surface area contributed by atoms with Gasteiger partial charge in [-0.05, 0) is 47.7 Å². The molecule has 1 aliphatic rings. The molecule has 1 aromatic heterocycles. The molecule has 1 aliphatic heterocycles. The maximum absolute atomic E-state index is 14.9. The van der Waals surface area contributed by atoms with Gasteiger partial charge in [0, 0.05) is 12.1 Å². The second kappa shape index (κ2) is 9.62. The number of nitrogens with zero attached hydrogens (tertiary/aromatic N) is 1. The van der Waals surface area contributed by atoms with E-state index in [-0.39, 0.29) is 12.3 Å². The highest BCUT2D eigenvalue weighted by Gasteiger charge is 2.37. The number of ketones is 1. The fourth-order valence-electron chi connectivity index (χ4n) is 3.68. The summed E-state index contributed by atoms with van der Waals surface area (Å²) in [6, 6.07) is 12.5. The van der Waals surface area contributed by atoms with Gasteiger partial charge in [0.25, 0.3) is 5.91 Å². The number of Topliss-reactive ketones (excluding diaryl/α,β-unsaturated/α-hetero) is 1. The van der Waals surface area contributed by atoms with Crippen LogP contribution in [0.4, 0.5) is 19.9 Å². The van der Waals surface area contributed by atoms with Gasteiger partial charge >= 0.3 is 6.09 Å². The van der Waals surface area contributed by atoms with Crippen molar-refractivity contribution in [1.29, 1.82) is 0 Å². The fourth-order valence-corrected chi connectivity index (χ4v) is 4.47. The largest absolute Gasteiger partial charge is 0.442 e. The van der Waals surface area contributed by atoms with Crippen molar-refractivity contribution in [2.24, 2.45) is 11.5 Å². The van der Waals surface area contributed by atoms with Crippen LogP contribution in [0.5, 0.6) is 0 Å². The van der Waals surface area contributed by atoms with Crippen LogP contribution in [-0.2, 0) is 16.1 Å². The summed E-state index contributed by atoms with van der Waals surface area (Å²) in [4.78, 5) is 36.4. The first-order chi connectivity index (χ1) is 16.2. The third-order valence-electron chi connectivity index (χ3n) is 5.62. The topological polar surface area (TPSA) is 128 Å². The number of carbonyl (C=O) groups is 3. The summed E-state index contributed by atoms with van der Waals surface area (Å²) >= 11 is 1.39. The second-order valence-corrected chi connectivity index (χ2v) is 8.83. The van der Waals surface area contributed by atoms with Crippen molar-refractivity contribution in [3.8, 4) is 11.1 Å². The van der Waals surface area contributed by atoms with Gasteiger partial charge in [-0.2, -0.15) is 0 Å². The highest BCUT2D eigenvalue weighted by Crippen LogP contribution is 2.30. The summed E-state index contributed by atoms with van der Waals surface area (Å²) in [6.45, 7) is 1.88. The Morgan fingerprint density at radius 3 is 2.62 bits per heavy atom. The van der Waals surface area contributed by atoms with Crippen LogP contribution in [0.25, 0.3) is 11.1 Å². The van der Waals surface area contributed by atoms with Crippen molar-refractivity contribution in [3.63, 3.8) is 0 Å². The second-order valence-electron chi connectivity index (χ2n) is 7.91. The first-order valence-corrected chi connectivity index (χ1v) is 11.4. The smallest absolute Gasteiger partial charge is 0.414 e. The van der Waals surface area contributed by atoms with Crippen molar-refractivity contribution in [2.75, 3.05) is 16.8 Å². The molecule has 3 aromatic rings. The maximum Gasteiger partial charge on any atom is 0.414 e. The van der Waals surface area contributed by atoms with Crippen molar-refractivity contribution < 1.29 is 23.5 Å². The Balaban J connectivity index is 1.45. The quantitative estimate of drug-likeness (QED) is 0.451. The van der Waals surface area contributed by atoms with Crippen LogP contribution in [0.1, 0.15) is 22.8 Å². The minimum Gasteiger partial charge on any atom is -0.442 e. The van der Waals surface area contributed by atoms with Crippen LogP contribution in [0, 0.1) is 5.82 Å². The standard InChI is InChI=1S/C24H23FN4O4S/c1-13(30)21(26)20-12-29(24(32)33-20)16-6-7-17(19(25)10-16)15-4-2-14(3-5-15)11-28-23-18(22(27)31)8-9-34-23/h2-10,20-21,28H,11-12,26H2,1H3,(H2,27,31)/t20?,21-/m1/s1. The molecule has 10 heteroatoms. The third kappa shape index (κ3) is 4.78. The third-order valence-corrected chi connectivity index (χ3v) is 6.49. The van der Waals surface area contributed by atoms with Crippen molar-refractivity contribution >= 4 is 39.8 Å². The lowest BCUT2D eigenvalue weighted by Crippen LogP contribution is -2.43. The van der Waals surface area contributed by atoms with E-state index in [1.54, 1.807) is 35.7 Å². The Hall–Kier alpha value is -3.76. The Morgan fingerprint density at radius 1 is 1.24 bits per heavy atom. The Labute approximate surface area is 199 Å². The molecule has 2 aromatic carbocycles. The molecule has 2 amide bonds. The molecule has 34 heavy (non-hydrogen) atoms. The number of nitrogens with two attached hydrogens (primary N) is 2. The predicted octanol–water partition coefficient (Wildman–Crippen LogP) is 3.51. The summed E-state index contributed by atoms with van der Waals surface area (Å²) in [6.07, 6.45) is -1.45. The molecule has 0 saturated carbocycles. The van der Waals surface area contributed by atoms with Crippen molar-refractivity contribution in [1.82, 2.24) is 0 Å². The highest BCUT2D eigenvalue weighted by atomic mass is 32.1. The van der Waals surface area contributed by atoms with Crippen LogP contribution >= 0.6 is 11.3 Å². The van der Waals surface area contributed by atoms with E-state index in [1.165, 1.54) is 29.2 Å². The normalized spacial score (nSPS) is 16.3. The van der Waals surface area contributed by atoms with Crippen LogP contribution in [0.2, 0.25) is 0 Å². The van der Waals surface area contributed by atoms with Gasteiger partial charge < -0.3 is 21.5 Å². The molecule has 0 radical (unpaired) electrons. The molecular weight excluding hydrogens is 459 g/mol. The highest BCUT2D eigenvalue weighted by molar-refractivity contribution is 7.14. The zero-order valence-electron chi connectivity index (χ0n) is 18.3. The number of anilines is 2. The van der Waals surface area contributed by atoms with Crippen molar-refractivity contribution in [2.45, 2.75) is 25.6 Å². The molecule has 4 rings (SSSR count). The van der Waals surface area contributed by atoms with Crippen molar-refractivity contribution in [3.05, 3.63) is 70.9 Å². The number of hydrogen-bond donors (Lipinski definition) is 3. The monoisotopic (exact) mass is 482 g/mol. The number of halogens is 1. The van der Waals surface area contributed by atoms with Crippen LogP contribution in [0.3, 0.4) is 0 Å². The van der Waals surface area contributed by atoms with E-state index in [0.29, 0.717) is 33.9 Å². The van der Waals surface area contributed by atoms with E-state index >= 15 is 0 Å². The number of thiophene rings is 1. The van der Waals surface area contributed by atoms with Gasteiger partial charge in [0.1, 0.15) is 28.7 Å². The Morgan fingerprint density at radius 2 is 1.97 bits per heavy atom. The van der Waals surface area contributed by atoms with Gasteiger partial charge in [0.15, 0.2) is 0 Å². The summed E-state index contributed by atoms with van der Waals surface area (Å²) < 4.78 is 20.1. The number of rotatable bonds is 8. The van der Waals surface area contributed by atoms with E-state index in [2.05, 4.69) is 5.32 Å². The zero-order chi connectivity index (χ0) is 24.4. The summed E-state index contributed by atoms with van der Waals surface area (Å²) in [5, 5.41) is 5.68. The lowest BCUT2D eigenvalue weighted by atomic mass is 10.0. The molecule has 0 aliphatic carbocycles. The van der Waals surface area contributed by atoms with Gasteiger partial charge in [0.05, 0.1) is 17.8 Å². The fraction of sp³-hybridized carbons (Fsp3) is 0.208. The van der Waals surface area contributed by atoms with E-state index < -0.39 is 30.0 Å². The lowest BCUT2D eigenvalue weighted by Gasteiger charge is -2.16. The van der Waals surface area contributed by atoms with Gasteiger partial charge in [-0.15, -0.1) is 11.3 Å². The first-order valence-electron chi connectivity index (χ1n) is 10.5. The number of primary amides is 1. The van der Waals surface area contributed by atoms with Crippen LogP contribution < -0.4 is 21.7 Å². The van der Waals surface area contributed by atoms with Gasteiger partial charge in [-0.25, -0.2) is 9.18 Å². The molecule has 176 valence electrons. The van der Waals surface area contributed by atoms with Gasteiger partial charge in [-0.1, -0.05) is 24.3 Å². The molecule has 0 spiro atoms. The summed E-state index contributed by atoms with van der Waals surface area (Å²) in [7, 11) is 0. The zero-order valence-corrected chi connectivity index (χ0v) is 19.1. The molecule has 2 atom stereocenters. The summed E-state index contributed by atoms with van der Waals surface area (Å²) in [5.41, 5.74) is 13.9. The molecular formula is C24H23FN4O4S.